The summed E-state index contributed by atoms with van der Waals surface area (Å²) in [4.78, 5) is 16.9. The number of amides is 1. The molecular formula is C18H16N2O3S. The second-order valence-corrected chi connectivity index (χ2v) is 6.52. The van der Waals surface area contributed by atoms with E-state index in [9.17, 15) is 4.79 Å². The van der Waals surface area contributed by atoms with Gasteiger partial charge in [-0.25, -0.2) is 4.98 Å². The van der Waals surface area contributed by atoms with Crippen molar-refractivity contribution in [1.82, 2.24) is 4.98 Å². The van der Waals surface area contributed by atoms with Gasteiger partial charge in [0.2, 0.25) is 0 Å². The fourth-order valence-electron chi connectivity index (χ4n) is 2.60. The van der Waals surface area contributed by atoms with Gasteiger partial charge in [-0.15, -0.1) is 0 Å². The number of hydrogen-bond acceptors (Lipinski definition) is 5. The number of thiazole rings is 1. The third-order valence-electron chi connectivity index (χ3n) is 3.89. The monoisotopic (exact) mass is 340 g/mol. The molecule has 1 N–H and O–H groups in total. The summed E-state index contributed by atoms with van der Waals surface area (Å²) in [5, 5.41) is 3.46. The Hall–Kier alpha value is -2.60. The van der Waals surface area contributed by atoms with Crippen molar-refractivity contribution < 1.29 is 14.3 Å². The van der Waals surface area contributed by atoms with Gasteiger partial charge in [0.05, 0.1) is 10.2 Å². The fourth-order valence-corrected chi connectivity index (χ4v) is 3.52. The van der Waals surface area contributed by atoms with Crippen LogP contribution in [-0.2, 0) is 6.42 Å². The van der Waals surface area contributed by atoms with Gasteiger partial charge in [-0.1, -0.05) is 24.3 Å². The molecule has 0 atom stereocenters. The Kier molecular flexibility index (Phi) is 3.82. The molecule has 2 heterocycles. The Balaban J connectivity index is 1.57. The van der Waals surface area contributed by atoms with Crippen molar-refractivity contribution in [2.75, 3.05) is 18.5 Å². The molecule has 122 valence electrons. The number of carbonyl (C=O) groups is 1. The SMILES string of the molecule is CCc1ccc2nc(NC(=O)c3ccc4c(c3)OCCO4)sc2c1. The van der Waals surface area contributed by atoms with Crippen LogP contribution >= 0.6 is 11.3 Å². The van der Waals surface area contributed by atoms with Gasteiger partial charge in [0.1, 0.15) is 13.2 Å². The van der Waals surface area contributed by atoms with Gasteiger partial charge in [-0.2, -0.15) is 0 Å². The summed E-state index contributed by atoms with van der Waals surface area (Å²) in [6.45, 7) is 3.15. The lowest BCUT2D eigenvalue weighted by atomic mass is 10.2. The van der Waals surface area contributed by atoms with Crippen LogP contribution in [0.1, 0.15) is 22.8 Å². The summed E-state index contributed by atoms with van der Waals surface area (Å²) in [5.41, 5.74) is 2.68. The van der Waals surface area contributed by atoms with Crippen LogP contribution < -0.4 is 14.8 Å². The first-order valence-electron chi connectivity index (χ1n) is 7.83. The van der Waals surface area contributed by atoms with Crippen molar-refractivity contribution in [3.63, 3.8) is 0 Å². The number of anilines is 1. The summed E-state index contributed by atoms with van der Waals surface area (Å²) in [6, 6.07) is 11.4. The van der Waals surface area contributed by atoms with Gasteiger partial charge in [0, 0.05) is 5.56 Å². The molecule has 2 aromatic carbocycles. The fraction of sp³-hybridized carbons (Fsp3) is 0.222. The Morgan fingerprint density at radius 3 is 2.83 bits per heavy atom. The smallest absolute Gasteiger partial charge is 0.257 e. The average Bonchev–Trinajstić information content (AvgIpc) is 3.02. The molecule has 6 heteroatoms. The molecular weight excluding hydrogens is 324 g/mol. The molecule has 0 fully saturated rings. The van der Waals surface area contributed by atoms with Crippen molar-refractivity contribution in [2.45, 2.75) is 13.3 Å². The Labute approximate surface area is 143 Å². The number of benzene rings is 2. The third-order valence-corrected chi connectivity index (χ3v) is 4.82. The van der Waals surface area contributed by atoms with Crippen LogP contribution in [0.3, 0.4) is 0 Å². The molecule has 0 saturated carbocycles. The highest BCUT2D eigenvalue weighted by Gasteiger charge is 2.16. The lowest BCUT2D eigenvalue weighted by molar-refractivity contribution is 0.102. The zero-order chi connectivity index (χ0) is 16.5. The lowest BCUT2D eigenvalue weighted by Gasteiger charge is -2.18. The molecule has 0 unspecified atom stereocenters. The van der Waals surface area contributed by atoms with Crippen molar-refractivity contribution in [2.24, 2.45) is 0 Å². The minimum atomic E-state index is -0.207. The number of nitrogens with one attached hydrogen (secondary N) is 1. The molecule has 0 spiro atoms. The molecule has 1 aromatic heterocycles. The van der Waals surface area contributed by atoms with E-state index in [2.05, 4.69) is 29.4 Å². The minimum Gasteiger partial charge on any atom is -0.486 e. The highest BCUT2D eigenvalue weighted by molar-refractivity contribution is 7.22. The van der Waals surface area contributed by atoms with Gasteiger partial charge < -0.3 is 9.47 Å². The minimum absolute atomic E-state index is 0.207. The quantitative estimate of drug-likeness (QED) is 0.786. The van der Waals surface area contributed by atoms with Crippen LogP contribution in [-0.4, -0.2) is 24.1 Å². The molecule has 0 aliphatic carbocycles. The van der Waals surface area contributed by atoms with E-state index < -0.39 is 0 Å². The number of carbonyl (C=O) groups excluding carboxylic acids is 1. The van der Waals surface area contributed by atoms with Crippen LogP contribution in [0.5, 0.6) is 11.5 Å². The van der Waals surface area contributed by atoms with E-state index >= 15 is 0 Å². The predicted molar refractivity (Wildman–Crippen MR) is 94.4 cm³/mol. The Bertz CT molecular complexity index is 920. The van der Waals surface area contributed by atoms with E-state index in [0.29, 0.717) is 35.4 Å². The second kappa shape index (κ2) is 6.13. The maximum atomic E-state index is 12.5. The maximum absolute atomic E-state index is 12.5. The number of rotatable bonds is 3. The molecule has 1 aliphatic rings. The number of aromatic nitrogens is 1. The number of aryl methyl sites for hydroxylation is 1. The Morgan fingerprint density at radius 2 is 2.00 bits per heavy atom. The Morgan fingerprint density at radius 1 is 1.17 bits per heavy atom. The van der Waals surface area contributed by atoms with E-state index in [-0.39, 0.29) is 5.91 Å². The van der Waals surface area contributed by atoms with Gasteiger partial charge in [0.15, 0.2) is 16.6 Å². The summed E-state index contributed by atoms with van der Waals surface area (Å²) in [5.74, 6) is 1.07. The third kappa shape index (κ3) is 2.80. The largest absolute Gasteiger partial charge is 0.486 e. The molecule has 0 radical (unpaired) electrons. The van der Waals surface area contributed by atoms with Crippen molar-refractivity contribution in [1.29, 1.82) is 0 Å². The van der Waals surface area contributed by atoms with Gasteiger partial charge in [0.25, 0.3) is 5.91 Å². The van der Waals surface area contributed by atoms with Gasteiger partial charge in [-0.3, -0.25) is 10.1 Å². The normalized spacial score (nSPS) is 13.0. The van der Waals surface area contributed by atoms with Gasteiger partial charge >= 0.3 is 0 Å². The molecule has 1 aliphatic heterocycles. The van der Waals surface area contributed by atoms with Crippen molar-refractivity contribution in [3.8, 4) is 11.5 Å². The van der Waals surface area contributed by atoms with E-state index in [1.807, 2.05) is 6.07 Å². The first-order chi connectivity index (χ1) is 11.7. The highest BCUT2D eigenvalue weighted by Crippen LogP contribution is 2.32. The van der Waals surface area contributed by atoms with Gasteiger partial charge in [-0.05, 0) is 42.3 Å². The first kappa shape index (κ1) is 15.0. The molecule has 1 amide bonds. The van der Waals surface area contributed by atoms with E-state index in [1.54, 1.807) is 18.2 Å². The summed E-state index contributed by atoms with van der Waals surface area (Å²) >= 11 is 1.48. The topological polar surface area (TPSA) is 60.5 Å². The molecule has 3 aromatic rings. The molecule has 4 rings (SSSR count). The maximum Gasteiger partial charge on any atom is 0.257 e. The van der Waals surface area contributed by atoms with Crippen LogP contribution in [0.2, 0.25) is 0 Å². The molecule has 24 heavy (non-hydrogen) atoms. The summed E-state index contributed by atoms with van der Waals surface area (Å²) in [7, 11) is 0. The molecule has 0 saturated heterocycles. The molecule has 0 bridgehead atoms. The zero-order valence-electron chi connectivity index (χ0n) is 13.2. The lowest BCUT2D eigenvalue weighted by Crippen LogP contribution is -2.17. The number of ether oxygens (including phenoxy) is 2. The highest BCUT2D eigenvalue weighted by atomic mass is 32.1. The molecule has 5 nitrogen and oxygen atoms in total. The van der Waals surface area contributed by atoms with E-state index in [1.165, 1.54) is 16.9 Å². The van der Waals surface area contributed by atoms with Crippen molar-refractivity contribution >= 4 is 32.6 Å². The first-order valence-corrected chi connectivity index (χ1v) is 8.65. The number of nitrogens with zero attached hydrogens (tertiary/aromatic N) is 1. The van der Waals surface area contributed by atoms with Crippen molar-refractivity contribution in [3.05, 3.63) is 47.5 Å². The zero-order valence-corrected chi connectivity index (χ0v) is 14.0. The number of hydrogen-bond donors (Lipinski definition) is 1. The summed E-state index contributed by atoms with van der Waals surface area (Å²) in [6.07, 6.45) is 0.979. The summed E-state index contributed by atoms with van der Waals surface area (Å²) < 4.78 is 12.1. The van der Waals surface area contributed by atoms with Crippen LogP contribution in [0.25, 0.3) is 10.2 Å². The van der Waals surface area contributed by atoms with E-state index in [0.717, 1.165) is 16.6 Å². The van der Waals surface area contributed by atoms with Crippen LogP contribution in [0.4, 0.5) is 5.13 Å². The van der Waals surface area contributed by atoms with Crippen LogP contribution in [0, 0.1) is 0 Å². The van der Waals surface area contributed by atoms with E-state index in [4.69, 9.17) is 9.47 Å². The average molecular weight is 340 g/mol. The second-order valence-electron chi connectivity index (χ2n) is 5.49. The van der Waals surface area contributed by atoms with Crippen LogP contribution in [0.15, 0.2) is 36.4 Å². The predicted octanol–water partition coefficient (Wildman–Crippen LogP) is 3.88. The number of fused-ring (bicyclic) bond motifs is 2. The standard InChI is InChI=1S/C18H16N2O3S/c1-2-11-3-5-13-16(9-11)24-18(19-13)20-17(21)12-4-6-14-15(10-12)23-8-7-22-14/h3-6,9-10H,2,7-8H2,1H3,(H,19,20,21).